The highest BCUT2D eigenvalue weighted by molar-refractivity contribution is 5.87. The van der Waals surface area contributed by atoms with Gasteiger partial charge in [-0.05, 0) is 108 Å². The van der Waals surface area contributed by atoms with Gasteiger partial charge in [0.25, 0.3) is 0 Å². The summed E-state index contributed by atoms with van der Waals surface area (Å²) in [6.45, 7) is 21.1. The lowest BCUT2D eigenvalue weighted by Gasteiger charge is -2.48. The number of phenolic OH excluding ortho intramolecular Hbond substituents is 1. The van der Waals surface area contributed by atoms with E-state index >= 15 is 0 Å². The lowest BCUT2D eigenvalue weighted by molar-refractivity contribution is -0.129. The van der Waals surface area contributed by atoms with Crippen LogP contribution in [0.4, 0.5) is 0 Å². The second kappa shape index (κ2) is 16.1. The number of phenols is 1. The molecule has 2 fully saturated rings. The van der Waals surface area contributed by atoms with Crippen LogP contribution in [-0.4, -0.2) is 43.6 Å². The van der Waals surface area contributed by atoms with E-state index in [1.807, 2.05) is 46.8 Å². The highest BCUT2D eigenvalue weighted by atomic mass is 16.7. The number of rotatable bonds is 6. The molecule has 3 aliphatic carbocycles. The summed E-state index contributed by atoms with van der Waals surface area (Å²) in [6, 6.07) is 5.90. The van der Waals surface area contributed by atoms with E-state index in [1.165, 1.54) is 17.5 Å². The number of aromatic hydroxyl groups is 1. The Morgan fingerprint density at radius 3 is 2.17 bits per heavy atom. The smallest absolute Gasteiger partial charge is 0.154 e. The molecule has 0 bridgehead atoms. The minimum atomic E-state index is -0.0370. The third-order valence-corrected chi connectivity index (χ3v) is 7.63. The minimum Gasteiger partial charge on any atom is -0.508 e. The molecule has 35 heavy (non-hydrogen) atoms. The third-order valence-electron chi connectivity index (χ3n) is 7.63. The van der Waals surface area contributed by atoms with Crippen LogP contribution in [0.5, 0.6) is 5.75 Å². The summed E-state index contributed by atoms with van der Waals surface area (Å²) < 4.78 is 15.0. The average molecular weight is 491 g/mol. The molecule has 0 unspecified atom stereocenters. The first-order valence-electron chi connectivity index (χ1n) is 13.5. The fraction of sp³-hybridized carbons (Fsp3) is 0.700. The van der Waals surface area contributed by atoms with Gasteiger partial charge in [-0.2, -0.15) is 0 Å². The summed E-state index contributed by atoms with van der Waals surface area (Å²) in [6.07, 6.45) is 6.31. The lowest BCUT2D eigenvalue weighted by Crippen LogP contribution is -2.42. The molecule has 5 nitrogen and oxygen atoms in total. The Hall–Kier alpha value is -1.69. The molecule has 4 rings (SSSR count). The molecule has 0 aliphatic heterocycles. The van der Waals surface area contributed by atoms with E-state index in [9.17, 15) is 9.90 Å². The quantitative estimate of drug-likeness (QED) is 0.341. The van der Waals surface area contributed by atoms with Gasteiger partial charge in [0.15, 0.2) is 6.29 Å². The van der Waals surface area contributed by atoms with Gasteiger partial charge in [-0.1, -0.05) is 13.0 Å². The molecule has 0 saturated heterocycles. The molecule has 1 N–H and O–H groups in total. The van der Waals surface area contributed by atoms with E-state index in [2.05, 4.69) is 26.1 Å². The lowest BCUT2D eigenvalue weighted by atomic mass is 9.55. The molecule has 1 aromatic rings. The summed E-state index contributed by atoms with van der Waals surface area (Å²) in [7, 11) is 0. The van der Waals surface area contributed by atoms with Gasteiger partial charge in [-0.25, -0.2) is 0 Å². The molecular formula is C30H50O5. The molecule has 200 valence electrons. The number of carbonyl (C=O) groups excluding carboxylic acids is 1. The minimum absolute atomic E-state index is 0.0322. The van der Waals surface area contributed by atoms with Gasteiger partial charge in [-0.15, -0.1) is 13.2 Å². The average Bonchev–Trinajstić information content (AvgIpc) is 3.16. The topological polar surface area (TPSA) is 65.0 Å². The van der Waals surface area contributed by atoms with Gasteiger partial charge in [0.2, 0.25) is 0 Å². The van der Waals surface area contributed by atoms with Gasteiger partial charge < -0.3 is 19.3 Å². The first-order chi connectivity index (χ1) is 16.8. The summed E-state index contributed by atoms with van der Waals surface area (Å²) in [5, 5.41) is 9.67. The van der Waals surface area contributed by atoms with Crippen molar-refractivity contribution >= 4 is 5.78 Å². The molecular weight excluding hydrogens is 440 g/mol. The zero-order valence-electron chi connectivity index (χ0n) is 23.1. The van der Waals surface area contributed by atoms with Crippen LogP contribution in [0.2, 0.25) is 0 Å². The number of ether oxygens (including phenoxy) is 3. The Labute approximate surface area is 214 Å². The van der Waals surface area contributed by atoms with E-state index in [0.717, 1.165) is 58.5 Å². The molecule has 1 aromatic carbocycles. The number of hydrogen-bond donors (Lipinski definition) is 1. The molecule has 2 saturated carbocycles. The van der Waals surface area contributed by atoms with Crippen LogP contribution in [0, 0.1) is 17.3 Å². The van der Waals surface area contributed by atoms with Gasteiger partial charge in [0, 0.05) is 38.3 Å². The van der Waals surface area contributed by atoms with Gasteiger partial charge in [-0.3, -0.25) is 4.79 Å². The van der Waals surface area contributed by atoms with Crippen LogP contribution >= 0.6 is 0 Å². The zero-order valence-corrected chi connectivity index (χ0v) is 23.1. The SMILES string of the molecule is C=C.CCOC(C)OCC.CCOCC.C[C@]12CC[C@@H]3c4ccc(O)cc4CC[C@H]3[C@@H]1CCC2=O. The van der Waals surface area contributed by atoms with Crippen LogP contribution in [0.15, 0.2) is 31.4 Å². The van der Waals surface area contributed by atoms with Crippen molar-refractivity contribution in [2.24, 2.45) is 17.3 Å². The van der Waals surface area contributed by atoms with Crippen molar-refractivity contribution in [1.82, 2.24) is 0 Å². The van der Waals surface area contributed by atoms with Gasteiger partial charge in [0.05, 0.1) is 0 Å². The van der Waals surface area contributed by atoms with Crippen molar-refractivity contribution in [3.63, 3.8) is 0 Å². The molecule has 0 radical (unpaired) electrons. The molecule has 0 aromatic heterocycles. The normalized spacial score (nSPS) is 26.0. The predicted molar refractivity (Wildman–Crippen MR) is 144 cm³/mol. The van der Waals surface area contributed by atoms with Gasteiger partial charge in [0.1, 0.15) is 11.5 Å². The Kier molecular flexibility index (Phi) is 14.4. The molecule has 4 atom stereocenters. The van der Waals surface area contributed by atoms with Crippen LogP contribution in [0.25, 0.3) is 0 Å². The monoisotopic (exact) mass is 490 g/mol. The maximum Gasteiger partial charge on any atom is 0.154 e. The standard InChI is InChI=1S/C18H22O2.C6H14O2.C4H10O.C2H4/c1-18-9-8-14-13-5-3-12(19)10-11(13)2-4-15(14)16(18)6-7-17(18)20;1-4-7-6(3)8-5-2;1-3-5-4-2;1-2/h3,5,10,14-16,19H,2,4,6-9H2,1H3;6H,4-5H2,1-3H3;3-4H2,1-2H3;1-2H2/t14-,15-,16+,18+;;;/m1.../s1. The highest BCUT2D eigenvalue weighted by Crippen LogP contribution is 2.59. The van der Waals surface area contributed by atoms with Crippen molar-refractivity contribution in [1.29, 1.82) is 0 Å². The Morgan fingerprint density at radius 2 is 1.63 bits per heavy atom. The van der Waals surface area contributed by atoms with Crippen molar-refractivity contribution < 1.29 is 24.1 Å². The number of aryl methyl sites for hydroxylation is 1. The summed E-state index contributed by atoms with van der Waals surface area (Å²) in [5.74, 6) is 2.78. The molecule has 0 heterocycles. The first kappa shape index (κ1) is 31.3. The maximum atomic E-state index is 12.3. The molecule has 0 spiro atoms. The number of benzene rings is 1. The van der Waals surface area contributed by atoms with Crippen LogP contribution in [0.3, 0.4) is 0 Å². The number of Topliss-reactive ketones (excluding diaryl/α,β-unsaturated/α-hetero) is 1. The number of ketones is 1. The fourth-order valence-corrected chi connectivity index (χ4v) is 6.06. The molecule has 5 heteroatoms. The van der Waals surface area contributed by atoms with E-state index in [4.69, 9.17) is 14.2 Å². The second-order valence-electron chi connectivity index (χ2n) is 9.48. The van der Waals surface area contributed by atoms with Crippen molar-refractivity contribution in [3.05, 3.63) is 42.5 Å². The van der Waals surface area contributed by atoms with Crippen LogP contribution < -0.4 is 0 Å². The van der Waals surface area contributed by atoms with Crippen molar-refractivity contribution in [2.75, 3.05) is 26.4 Å². The summed E-state index contributed by atoms with van der Waals surface area (Å²) >= 11 is 0. The van der Waals surface area contributed by atoms with E-state index in [0.29, 0.717) is 29.3 Å². The van der Waals surface area contributed by atoms with Crippen molar-refractivity contribution in [2.45, 2.75) is 92.3 Å². The van der Waals surface area contributed by atoms with E-state index in [1.54, 1.807) is 0 Å². The number of carbonyl (C=O) groups is 1. The third kappa shape index (κ3) is 8.44. The highest BCUT2D eigenvalue weighted by Gasteiger charge is 2.54. The number of hydrogen-bond acceptors (Lipinski definition) is 5. The molecule has 3 aliphatic rings. The summed E-state index contributed by atoms with van der Waals surface area (Å²) in [4.78, 5) is 12.3. The van der Waals surface area contributed by atoms with E-state index < -0.39 is 0 Å². The van der Waals surface area contributed by atoms with Gasteiger partial charge >= 0.3 is 0 Å². The Morgan fingerprint density at radius 1 is 1.00 bits per heavy atom. The largest absolute Gasteiger partial charge is 0.508 e. The zero-order chi connectivity index (χ0) is 26.4. The fourth-order valence-electron chi connectivity index (χ4n) is 6.06. The maximum absolute atomic E-state index is 12.3. The van der Waals surface area contributed by atoms with Crippen molar-refractivity contribution in [3.8, 4) is 5.75 Å². The van der Waals surface area contributed by atoms with Crippen LogP contribution in [-0.2, 0) is 25.4 Å². The Balaban J connectivity index is 0.000000342. The molecule has 0 amide bonds. The first-order valence-corrected chi connectivity index (χ1v) is 13.5. The predicted octanol–water partition coefficient (Wildman–Crippen LogP) is 7.07. The second-order valence-corrected chi connectivity index (χ2v) is 9.48. The van der Waals surface area contributed by atoms with Crippen LogP contribution in [0.1, 0.15) is 90.7 Å². The van der Waals surface area contributed by atoms with E-state index in [-0.39, 0.29) is 11.7 Å². The summed E-state index contributed by atoms with van der Waals surface area (Å²) in [5.41, 5.74) is 2.75. The Bertz CT molecular complexity index is 740. The number of fused-ring (bicyclic) bond motifs is 5.